The predicted molar refractivity (Wildman–Crippen MR) is 66.1 cm³/mol. The summed E-state index contributed by atoms with van der Waals surface area (Å²) in [7, 11) is 1.22. The summed E-state index contributed by atoms with van der Waals surface area (Å²) in [4.78, 5) is 36.0. The molecule has 2 amide bonds. The Labute approximate surface area is 109 Å². The highest BCUT2D eigenvalue weighted by atomic mass is 16.5. The maximum atomic E-state index is 12.0. The molecule has 2 rings (SSSR count). The van der Waals surface area contributed by atoms with Gasteiger partial charge >= 0.3 is 5.97 Å². The summed E-state index contributed by atoms with van der Waals surface area (Å²) in [5.74, 6) is -1.46. The molecule has 0 aliphatic carbocycles. The van der Waals surface area contributed by atoms with E-state index in [1.165, 1.54) is 7.11 Å². The second kappa shape index (κ2) is 4.93. The van der Waals surface area contributed by atoms with Gasteiger partial charge in [-0.3, -0.25) is 14.5 Å². The van der Waals surface area contributed by atoms with E-state index < -0.39 is 17.8 Å². The number of carbonyl (C=O) groups excluding carboxylic acids is 3. The molecule has 0 unspecified atom stereocenters. The number of hydrogen-bond acceptors (Lipinski definition) is 5. The number of ether oxygens (including phenoxy) is 1. The second-order valence-electron chi connectivity index (χ2n) is 3.98. The van der Waals surface area contributed by atoms with Crippen LogP contribution in [0.1, 0.15) is 20.7 Å². The molecule has 1 heterocycles. The summed E-state index contributed by atoms with van der Waals surface area (Å²) in [6, 6.07) is 6.52. The monoisotopic (exact) mass is 260 g/mol. The Morgan fingerprint density at radius 3 is 2.26 bits per heavy atom. The number of carbonyl (C=O) groups is 3. The molecule has 0 radical (unpaired) electrons. The molecule has 0 saturated carbocycles. The number of benzene rings is 1. The summed E-state index contributed by atoms with van der Waals surface area (Å²) in [5.41, 5.74) is 6.38. The first-order valence-electron chi connectivity index (χ1n) is 5.54. The van der Waals surface area contributed by atoms with Crippen molar-refractivity contribution in [2.45, 2.75) is 0 Å². The van der Waals surface area contributed by atoms with E-state index in [1.807, 2.05) is 0 Å². The Morgan fingerprint density at radius 1 is 1.26 bits per heavy atom. The van der Waals surface area contributed by atoms with E-state index in [4.69, 9.17) is 5.73 Å². The fourth-order valence-corrected chi connectivity index (χ4v) is 1.82. The summed E-state index contributed by atoms with van der Waals surface area (Å²) < 4.78 is 4.42. The maximum Gasteiger partial charge on any atom is 0.332 e. The highest BCUT2D eigenvalue weighted by Crippen LogP contribution is 2.22. The lowest BCUT2D eigenvalue weighted by atomic mass is 10.1. The van der Waals surface area contributed by atoms with Crippen molar-refractivity contribution in [1.82, 2.24) is 4.90 Å². The molecule has 1 aromatic carbocycles. The van der Waals surface area contributed by atoms with Gasteiger partial charge in [-0.15, -0.1) is 0 Å². The van der Waals surface area contributed by atoms with Crippen molar-refractivity contribution in [2.75, 3.05) is 13.7 Å². The van der Waals surface area contributed by atoms with Gasteiger partial charge in [0.05, 0.1) is 24.8 Å². The summed E-state index contributed by atoms with van der Waals surface area (Å²) in [6.45, 7) is -0.137. The third kappa shape index (κ3) is 2.33. The van der Waals surface area contributed by atoms with E-state index in [0.717, 1.165) is 11.0 Å². The first-order valence-corrected chi connectivity index (χ1v) is 5.54. The SMILES string of the molecule is COC(=O)C=C(N)CN1C(=O)c2ccccc2C1=O. The second-order valence-corrected chi connectivity index (χ2v) is 3.98. The van der Waals surface area contributed by atoms with Crippen molar-refractivity contribution in [3.05, 3.63) is 47.2 Å². The zero-order valence-electron chi connectivity index (χ0n) is 10.3. The molecule has 2 N–H and O–H groups in total. The molecule has 0 atom stereocenters. The van der Waals surface area contributed by atoms with Crippen molar-refractivity contribution in [3.63, 3.8) is 0 Å². The van der Waals surface area contributed by atoms with Gasteiger partial charge in [0.25, 0.3) is 11.8 Å². The van der Waals surface area contributed by atoms with Crippen molar-refractivity contribution in [2.24, 2.45) is 5.73 Å². The Morgan fingerprint density at radius 2 is 1.79 bits per heavy atom. The number of imide groups is 1. The van der Waals surface area contributed by atoms with E-state index in [1.54, 1.807) is 24.3 Å². The zero-order chi connectivity index (χ0) is 14.0. The zero-order valence-corrected chi connectivity index (χ0v) is 10.3. The molecule has 19 heavy (non-hydrogen) atoms. The normalized spacial score (nSPS) is 14.6. The van der Waals surface area contributed by atoms with Crippen LogP contribution in [0.5, 0.6) is 0 Å². The topological polar surface area (TPSA) is 89.7 Å². The van der Waals surface area contributed by atoms with Crippen molar-refractivity contribution in [3.8, 4) is 0 Å². The lowest BCUT2D eigenvalue weighted by molar-refractivity contribution is -0.134. The van der Waals surface area contributed by atoms with E-state index in [-0.39, 0.29) is 12.2 Å². The molecule has 1 aliphatic heterocycles. The van der Waals surface area contributed by atoms with Crippen LogP contribution in [-0.2, 0) is 9.53 Å². The number of hydrogen-bond donors (Lipinski definition) is 1. The smallest absolute Gasteiger partial charge is 0.332 e. The van der Waals surface area contributed by atoms with Crippen molar-refractivity contribution in [1.29, 1.82) is 0 Å². The molecule has 0 aromatic heterocycles. The molecule has 98 valence electrons. The van der Waals surface area contributed by atoms with Crippen molar-refractivity contribution < 1.29 is 19.1 Å². The van der Waals surface area contributed by atoms with Crippen LogP contribution >= 0.6 is 0 Å². The lowest BCUT2D eigenvalue weighted by Gasteiger charge is -2.13. The van der Waals surface area contributed by atoms with E-state index in [9.17, 15) is 14.4 Å². The van der Waals surface area contributed by atoms with Crippen LogP contribution in [0.2, 0.25) is 0 Å². The predicted octanol–water partition coefficient (Wildman–Crippen LogP) is 0.298. The Bertz CT molecular complexity index is 557. The average molecular weight is 260 g/mol. The first kappa shape index (κ1) is 12.8. The van der Waals surface area contributed by atoms with E-state index in [2.05, 4.69) is 4.74 Å². The molecule has 0 bridgehead atoms. The summed E-state index contributed by atoms with van der Waals surface area (Å²) in [6.07, 6.45) is 1.05. The summed E-state index contributed by atoms with van der Waals surface area (Å²) in [5, 5.41) is 0. The Kier molecular flexibility index (Phi) is 3.33. The van der Waals surface area contributed by atoms with Gasteiger partial charge < -0.3 is 10.5 Å². The third-order valence-corrected chi connectivity index (χ3v) is 2.72. The van der Waals surface area contributed by atoms with Gasteiger partial charge in [0, 0.05) is 11.8 Å². The van der Waals surface area contributed by atoms with Gasteiger partial charge in [0.15, 0.2) is 0 Å². The number of methoxy groups -OCH3 is 1. The number of nitrogens with zero attached hydrogens (tertiary/aromatic N) is 1. The van der Waals surface area contributed by atoms with Gasteiger partial charge in [0.1, 0.15) is 0 Å². The maximum absolute atomic E-state index is 12.0. The quantitative estimate of drug-likeness (QED) is 0.479. The number of fused-ring (bicyclic) bond motifs is 1. The highest BCUT2D eigenvalue weighted by Gasteiger charge is 2.35. The Balaban J connectivity index is 2.21. The fourth-order valence-electron chi connectivity index (χ4n) is 1.82. The minimum Gasteiger partial charge on any atom is -0.466 e. The molecule has 0 fully saturated rings. The van der Waals surface area contributed by atoms with E-state index >= 15 is 0 Å². The number of esters is 1. The van der Waals surface area contributed by atoms with Crippen LogP contribution in [0.4, 0.5) is 0 Å². The molecule has 0 spiro atoms. The van der Waals surface area contributed by atoms with Crippen LogP contribution in [0.25, 0.3) is 0 Å². The Hall–Kier alpha value is -2.63. The standard InChI is InChI=1S/C13H12N2O4/c1-19-11(16)6-8(14)7-15-12(17)9-4-2-3-5-10(9)13(15)18/h2-6H,7,14H2,1H3. The van der Waals surface area contributed by atoms with Gasteiger partial charge in [0.2, 0.25) is 0 Å². The molecule has 1 aromatic rings. The van der Waals surface area contributed by atoms with Crippen LogP contribution in [0.3, 0.4) is 0 Å². The third-order valence-electron chi connectivity index (χ3n) is 2.72. The molecule has 6 nitrogen and oxygen atoms in total. The molecular weight excluding hydrogens is 248 g/mol. The largest absolute Gasteiger partial charge is 0.466 e. The molecular formula is C13H12N2O4. The lowest BCUT2D eigenvalue weighted by Crippen LogP contribution is -2.33. The number of rotatable bonds is 3. The number of nitrogens with two attached hydrogens (primary N) is 1. The number of amides is 2. The summed E-state index contributed by atoms with van der Waals surface area (Å²) >= 11 is 0. The van der Waals surface area contributed by atoms with Gasteiger partial charge in [-0.25, -0.2) is 4.79 Å². The molecule has 0 saturated heterocycles. The highest BCUT2D eigenvalue weighted by molar-refractivity contribution is 6.21. The fraction of sp³-hybridized carbons (Fsp3) is 0.154. The molecule has 6 heteroatoms. The van der Waals surface area contributed by atoms with Crippen molar-refractivity contribution >= 4 is 17.8 Å². The van der Waals surface area contributed by atoms with Gasteiger partial charge in [-0.2, -0.15) is 0 Å². The first-order chi connectivity index (χ1) is 9.04. The van der Waals surface area contributed by atoms with E-state index in [0.29, 0.717) is 11.1 Å². The van der Waals surface area contributed by atoms with Gasteiger partial charge in [-0.05, 0) is 12.1 Å². The minimum absolute atomic E-state index is 0.0846. The van der Waals surface area contributed by atoms with Crippen LogP contribution in [0.15, 0.2) is 36.0 Å². The van der Waals surface area contributed by atoms with Crippen LogP contribution in [0, 0.1) is 0 Å². The average Bonchev–Trinajstić information content (AvgIpc) is 2.64. The molecule has 1 aliphatic rings. The van der Waals surface area contributed by atoms with Crippen LogP contribution < -0.4 is 5.73 Å². The van der Waals surface area contributed by atoms with Crippen LogP contribution in [-0.4, -0.2) is 36.3 Å². The minimum atomic E-state index is -0.630. The van der Waals surface area contributed by atoms with Gasteiger partial charge in [-0.1, -0.05) is 12.1 Å².